The van der Waals surface area contributed by atoms with Crippen LogP contribution in [0.3, 0.4) is 0 Å². The van der Waals surface area contributed by atoms with Crippen LogP contribution in [-0.4, -0.2) is 34.2 Å². The van der Waals surface area contributed by atoms with E-state index in [1.54, 1.807) is 10.6 Å². The molecule has 0 bridgehead atoms. The van der Waals surface area contributed by atoms with E-state index in [0.717, 1.165) is 41.7 Å². The highest BCUT2D eigenvalue weighted by Gasteiger charge is 2.14. The Labute approximate surface area is 147 Å². The van der Waals surface area contributed by atoms with Gasteiger partial charge in [-0.3, -0.25) is 9.59 Å². The molecule has 2 rings (SSSR count). The normalized spacial score (nSPS) is 11.0. The number of thioether (sulfide) groups is 1. The summed E-state index contributed by atoms with van der Waals surface area (Å²) >= 11 is 1.46. The van der Waals surface area contributed by atoms with Gasteiger partial charge in [-0.15, -0.1) is 11.8 Å². The van der Waals surface area contributed by atoms with Crippen molar-refractivity contribution in [2.45, 2.75) is 45.1 Å². The van der Waals surface area contributed by atoms with Crippen LogP contribution in [0.2, 0.25) is 0 Å². The first-order valence-electron chi connectivity index (χ1n) is 8.65. The van der Waals surface area contributed by atoms with E-state index in [2.05, 4.69) is 6.92 Å². The van der Waals surface area contributed by atoms with Gasteiger partial charge in [0, 0.05) is 36.0 Å². The van der Waals surface area contributed by atoms with Crippen LogP contribution in [0.4, 0.5) is 0 Å². The minimum absolute atomic E-state index is 0.00974. The van der Waals surface area contributed by atoms with Crippen molar-refractivity contribution in [3.63, 3.8) is 0 Å². The third-order valence-electron chi connectivity index (χ3n) is 4.16. The van der Waals surface area contributed by atoms with Crippen molar-refractivity contribution in [1.29, 1.82) is 0 Å². The first-order chi connectivity index (χ1) is 11.6. The van der Waals surface area contributed by atoms with Crippen LogP contribution in [0.25, 0.3) is 10.9 Å². The number of aryl methyl sites for hydroxylation is 1. The molecule has 2 aromatic rings. The molecule has 1 aromatic heterocycles. The number of carbonyl (C=O) groups is 1. The third kappa shape index (κ3) is 4.20. The molecule has 1 amide bonds. The summed E-state index contributed by atoms with van der Waals surface area (Å²) in [6, 6.07) is 9.55. The first-order valence-corrected chi connectivity index (χ1v) is 9.64. The van der Waals surface area contributed by atoms with Gasteiger partial charge in [-0.05, 0) is 26.3 Å². The van der Waals surface area contributed by atoms with Crippen molar-refractivity contribution in [2.75, 3.05) is 18.8 Å². The molecule has 0 saturated carbocycles. The van der Waals surface area contributed by atoms with E-state index < -0.39 is 0 Å². The molecular formula is C19H26N2O2S. The Kier molecular flexibility index (Phi) is 6.91. The summed E-state index contributed by atoms with van der Waals surface area (Å²) in [5.41, 5.74) is 0.922. The second-order valence-corrected chi connectivity index (χ2v) is 6.74. The minimum Gasteiger partial charge on any atom is -0.342 e. The Hall–Kier alpha value is -1.75. The molecule has 0 unspecified atom stereocenters. The third-order valence-corrected chi connectivity index (χ3v) is 5.20. The fourth-order valence-corrected chi connectivity index (χ4v) is 3.76. The zero-order valence-electron chi connectivity index (χ0n) is 14.7. The smallest absolute Gasteiger partial charge is 0.252 e. The molecule has 1 heterocycles. The number of benzene rings is 1. The van der Waals surface area contributed by atoms with E-state index in [1.165, 1.54) is 11.8 Å². The Morgan fingerprint density at radius 2 is 1.96 bits per heavy atom. The summed E-state index contributed by atoms with van der Waals surface area (Å²) in [6.07, 6.45) is 2.11. The molecular weight excluding hydrogens is 320 g/mol. The first kappa shape index (κ1) is 18.6. The van der Waals surface area contributed by atoms with Gasteiger partial charge in [-0.25, -0.2) is 0 Å². The van der Waals surface area contributed by atoms with Gasteiger partial charge in [0.1, 0.15) is 0 Å². The molecule has 0 aliphatic heterocycles. The predicted molar refractivity (Wildman–Crippen MR) is 102 cm³/mol. The second-order valence-electron chi connectivity index (χ2n) is 5.72. The Bertz CT molecular complexity index is 755. The van der Waals surface area contributed by atoms with E-state index in [0.29, 0.717) is 12.3 Å². The lowest BCUT2D eigenvalue weighted by Gasteiger charge is -2.20. The fourth-order valence-electron chi connectivity index (χ4n) is 2.79. The number of aromatic nitrogens is 1. The largest absolute Gasteiger partial charge is 0.342 e. The number of hydrogen-bond donors (Lipinski definition) is 0. The molecule has 0 atom stereocenters. The lowest BCUT2D eigenvalue weighted by molar-refractivity contribution is -0.128. The van der Waals surface area contributed by atoms with E-state index in [-0.39, 0.29) is 11.5 Å². The van der Waals surface area contributed by atoms with Crippen LogP contribution >= 0.6 is 11.8 Å². The summed E-state index contributed by atoms with van der Waals surface area (Å²) in [6.45, 7) is 8.29. The molecule has 0 N–H and O–H groups in total. The predicted octanol–water partition coefficient (Wildman–Crippen LogP) is 3.76. The number of hydrogen-bond acceptors (Lipinski definition) is 3. The monoisotopic (exact) mass is 346 g/mol. The average Bonchev–Trinajstić information content (AvgIpc) is 2.60. The van der Waals surface area contributed by atoms with Gasteiger partial charge in [0.25, 0.3) is 5.56 Å². The number of unbranched alkanes of at least 4 members (excludes halogenated alkanes) is 1. The number of para-hydroxylation sites is 1. The van der Waals surface area contributed by atoms with Crippen molar-refractivity contribution in [1.82, 2.24) is 9.47 Å². The zero-order valence-corrected chi connectivity index (χ0v) is 15.6. The van der Waals surface area contributed by atoms with Gasteiger partial charge in [0.2, 0.25) is 5.91 Å². The molecule has 0 radical (unpaired) electrons. The number of fused-ring (bicyclic) bond motifs is 1. The summed E-state index contributed by atoms with van der Waals surface area (Å²) in [4.78, 5) is 27.5. The highest BCUT2D eigenvalue weighted by molar-refractivity contribution is 8.00. The number of pyridine rings is 1. The lowest BCUT2D eigenvalue weighted by Crippen LogP contribution is -2.33. The number of carbonyl (C=O) groups excluding carboxylic acids is 1. The van der Waals surface area contributed by atoms with Crippen LogP contribution in [0.1, 0.15) is 33.6 Å². The maximum absolute atomic E-state index is 12.4. The van der Waals surface area contributed by atoms with Crippen LogP contribution in [-0.2, 0) is 11.3 Å². The van der Waals surface area contributed by atoms with Gasteiger partial charge >= 0.3 is 0 Å². The van der Waals surface area contributed by atoms with E-state index in [4.69, 9.17) is 0 Å². The van der Waals surface area contributed by atoms with Gasteiger partial charge in [0.15, 0.2) is 0 Å². The maximum Gasteiger partial charge on any atom is 0.252 e. The fraction of sp³-hybridized carbons (Fsp3) is 0.474. The maximum atomic E-state index is 12.4. The Morgan fingerprint density at radius 1 is 1.21 bits per heavy atom. The van der Waals surface area contributed by atoms with Crippen LogP contribution < -0.4 is 5.56 Å². The lowest BCUT2D eigenvalue weighted by atomic mass is 10.2. The van der Waals surface area contributed by atoms with Crippen molar-refractivity contribution in [3.05, 3.63) is 40.7 Å². The summed E-state index contributed by atoms with van der Waals surface area (Å²) in [5.74, 6) is 0.511. The van der Waals surface area contributed by atoms with Crippen LogP contribution in [0.5, 0.6) is 0 Å². The Balaban J connectivity index is 2.21. The molecule has 0 aliphatic rings. The summed E-state index contributed by atoms with van der Waals surface area (Å²) < 4.78 is 1.76. The second kappa shape index (κ2) is 8.92. The molecule has 0 spiro atoms. The topological polar surface area (TPSA) is 42.3 Å². The average molecular weight is 346 g/mol. The number of nitrogens with zero attached hydrogens (tertiary/aromatic N) is 2. The van der Waals surface area contributed by atoms with E-state index in [9.17, 15) is 9.59 Å². The molecule has 0 saturated heterocycles. The van der Waals surface area contributed by atoms with Crippen molar-refractivity contribution >= 4 is 28.6 Å². The zero-order chi connectivity index (χ0) is 17.5. The standard InChI is InChI=1S/C19H26N2O2S/c1-4-7-12-20(5-2)19(23)14-24-17-13-18(22)21(6-3)16-11-9-8-10-15(16)17/h8-11,13H,4-7,12,14H2,1-3H3. The van der Waals surface area contributed by atoms with Gasteiger partial charge < -0.3 is 9.47 Å². The van der Waals surface area contributed by atoms with E-state index in [1.807, 2.05) is 43.0 Å². The molecule has 0 fully saturated rings. The SMILES string of the molecule is CCCCN(CC)C(=O)CSc1cc(=O)n(CC)c2ccccc12. The van der Waals surface area contributed by atoms with Crippen LogP contribution in [0.15, 0.2) is 40.0 Å². The van der Waals surface area contributed by atoms with Gasteiger partial charge in [-0.1, -0.05) is 31.5 Å². The summed E-state index contributed by atoms with van der Waals surface area (Å²) in [5, 5.41) is 1.04. The quantitative estimate of drug-likeness (QED) is 0.684. The highest BCUT2D eigenvalue weighted by atomic mass is 32.2. The van der Waals surface area contributed by atoms with Gasteiger partial charge in [-0.2, -0.15) is 0 Å². The number of amides is 1. The van der Waals surface area contributed by atoms with Crippen LogP contribution in [0, 0.1) is 0 Å². The summed E-state index contributed by atoms with van der Waals surface area (Å²) in [7, 11) is 0. The molecule has 130 valence electrons. The highest BCUT2D eigenvalue weighted by Crippen LogP contribution is 2.26. The molecule has 24 heavy (non-hydrogen) atoms. The van der Waals surface area contributed by atoms with Crippen molar-refractivity contribution < 1.29 is 4.79 Å². The minimum atomic E-state index is -0.00974. The Morgan fingerprint density at radius 3 is 2.62 bits per heavy atom. The molecule has 0 aliphatic carbocycles. The van der Waals surface area contributed by atoms with Crippen molar-refractivity contribution in [3.8, 4) is 0 Å². The molecule has 5 heteroatoms. The molecule has 4 nitrogen and oxygen atoms in total. The molecule has 1 aromatic carbocycles. The van der Waals surface area contributed by atoms with E-state index >= 15 is 0 Å². The van der Waals surface area contributed by atoms with Gasteiger partial charge in [0.05, 0.1) is 11.3 Å². The number of rotatable bonds is 8. The van der Waals surface area contributed by atoms with Crippen molar-refractivity contribution in [2.24, 2.45) is 0 Å².